The van der Waals surface area contributed by atoms with E-state index in [9.17, 15) is 41.4 Å². The minimum atomic E-state index is -4.97. The summed E-state index contributed by atoms with van der Waals surface area (Å²) in [5, 5.41) is 40.3. The molecule has 0 bridgehead atoms. The van der Waals surface area contributed by atoms with Crippen LogP contribution in [-0.2, 0) is 20.2 Å². The molecule has 0 saturated heterocycles. The number of benzene rings is 5. The maximum atomic E-state index is 12.9. The predicted molar refractivity (Wildman–Crippen MR) is 176 cm³/mol. The Kier molecular flexibility index (Phi) is 9.05. The molecular weight excluding hydrogens is 684 g/mol. The minimum absolute atomic E-state index is 0.0189. The number of aromatic hydroxyl groups is 1. The maximum absolute atomic E-state index is 12.9. The number of nitrogens with zero attached hydrogens (tertiary/aromatic N) is 5. The molecular formula is C29H22N8O10S2. The van der Waals surface area contributed by atoms with E-state index in [2.05, 4.69) is 25.8 Å². The number of phenols is 1. The lowest BCUT2D eigenvalue weighted by molar-refractivity contribution is -0.383. The zero-order chi connectivity index (χ0) is 35.7. The van der Waals surface area contributed by atoms with Crippen molar-refractivity contribution in [3.05, 3.63) is 101 Å². The van der Waals surface area contributed by atoms with E-state index in [1.54, 1.807) is 0 Å². The van der Waals surface area contributed by atoms with Gasteiger partial charge in [0, 0.05) is 22.7 Å². The number of fused-ring (bicyclic) bond motifs is 1. The standard InChI is InChI=1S/C29H22N8O10S2/c30-22-13-23(31)25(37(40)41)14-24(22)35-33-17-3-1-15(2-4-17)29(39)32-19-7-10-21-16(11-19)12-26(49(45,46)47)27(28(21)38)36-34-18-5-8-20(9-6-18)48(42,43)44/h1-14,38H,30-31H2,(H,32,39)(H,42,43,44)(H,45,46,47). The first-order chi connectivity index (χ1) is 23.0. The number of hydrogen-bond donors (Lipinski definition) is 6. The quantitative estimate of drug-likeness (QED) is 0.0328. The molecule has 5 rings (SSSR count). The van der Waals surface area contributed by atoms with Crippen LogP contribution in [-0.4, -0.2) is 41.9 Å². The van der Waals surface area contributed by atoms with Gasteiger partial charge >= 0.3 is 0 Å². The third-order valence-corrected chi connectivity index (χ3v) is 8.50. The number of amides is 1. The Morgan fingerprint density at radius 2 is 1.37 bits per heavy atom. The highest BCUT2D eigenvalue weighted by molar-refractivity contribution is 7.86. The molecule has 0 radical (unpaired) electrons. The lowest BCUT2D eigenvalue weighted by atomic mass is 10.1. The Hall–Kier alpha value is -6.35. The minimum Gasteiger partial charge on any atom is -0.505 e. The molecule has 0 heterocycles. The van der Waals surface area contributed by atoms with Gasteiger partial charge in [-0.15, -0.1) is 10.2 Å². The molecule has 250 valence electrons. The van der Waals surface area contributed by atoms with Crippen molar-refractivity contribution >= 4 is 82.4 Å². The Labute approximate surface area is 276 Å². The van der Waals surface area contributed by atoms with E-state index in [-0.39, 0.29) is 56.1 Å². The number of nitrogens with one attached hydrogen (secondary N) is 1. The number of anilines is 3. The summed E-state index contributed by atoms with van der Waals surface area (Å²) in [5.74, 6) is -1.24. The number of nitrogen functional groups attached to an aromatic ring is 2. The Bertz CT molecular complexity index is 2440. The van der Waals surface area contributed by atoms with Crippen LogP contribution in [0, 0.1) is 10.1 Å². The van der Waals surface area contributed by atoms with Crippen LogP contribution in [0.2, 0.25) is 0 Å². The summed E-state index contributed by atoms with van der Waals surface area (Å²) in [6.07, 6.45) is 0. The first-order valence-corrected chi connectivity index (χ1v) is 16.3. The van der Waals surface area contributed by atoms with E-state index in [0.717, 1.165) is 36.4 Å². The Morgan fingerprint density at radius 3 is 1.96 bits per heavy atom. The highest BCUT2D eigenvalue weighted by Gasteiger charge is 2.23. The summed E-state index contributed by atoms with van der Waals surface area (Å²) in [6, 6.07) is 17.6. The number of phenolic OH excluding ortho intramolecular Hbond substituents is 1. The van der Waals surface area contributed by atoms with Crippen molar-refractivity contribution in [2.45, 2.75) is 9.79 Å². The van der Waals surface area contributed by atoms with Crippen molar-refractivity contribution in [3.8, 4) is 5.75 Å². The van der Waals surface area contributed by atoms with E-state index in [1.807, 2.05) is 0 Å². The number of azo groups is 2. The fraction of sp³-hybridized carbons (Fsp3) is 0. The lowest BCUT2D eigenvalue weighted by Gasteiger charge is -2.11. The summed E-state index contributed by atoms with van der Waals surface area (Å²) >= 11 is 0. The summed E-state index contributed by atoms with van der Waals surface area (Å²) in [4.78, 5) is 22.2. The summed E-state index contributed by atoms with van der Waals surface area (Å²) in [6.45, 7) is 0. The molecule has 5 aromatic carbocycles. The van der Waals surface area contributed by atoms with Crippen LogP contribution in [0.25, 0.3) is 10.8 Å². The van der Waals surface area contributed by atoms with Gasteiger partial charge in [0.25, 0.3) is 31.8 Å². The number of carbonyl (C=O) groups is 1. The molecule has 0 atom stereocenters. The highest BCUT2D eigenvalue weighted by Crippen LogP contribution is 2.42. The van der Waals surface area contributed by atoms with E-state index in [0.29, 0.717) is 0 Å². The molecule has 8 N–H and O–H groups in total. The van der Waals surface area contributed by atoms with E-state index in [4.69, 9.17) is 16.0 Å². The molecule has 0 aliphatic carbocycles. The van der Waals surface area contributed by atoms with Crippen LogP contribution >= 0.6 is 0 Å². The van der Waals surface area contributed by atoms with Crippen LogP contribution < -0.4 is 16.8 Å². The van der Waals surface area contributed by atoms with Crippen molar-refractivity contribution in [3.63, 3.8) is 0 Å². The second-order valence-corrected chi connectivity index (χ2v) is 12.9. The second-order valence-electron chi connectivity index (χ2n) is 10.1. The zero-order valence-corrected chi connectivity index (χ0v) is 26.1. The number of hydrogen-bond acceptors (Lipinski definition) is 14. The van der Waals surface area contributed by atoms with E-state index < -0.39 is 52.3 Å². The van der Waals surface area contributed by atoms with Crippen molar-refractivity contribution in [2.75, 3.05) is 16.8 Å². The third kappa shape index (κ3) is 7.63. The molecule has 0 spiro atoms. The Morgan fingerprint density at radius 1 is 0.755 bits per heavy atom. The molecule has 0 saturated carbocycles. The molecule has 18 nitrogen and oxygen atoms in total. The molecule has 0 aliphatic heterocycles. The molecule has 49 heavy (non-hydrogen) atoms. The maximum Gasteiger partial charge on any atom is 0.296 e. The van der Waals surface area contributed by atoms with Gasteiger partial charge in [-0.2, -0.15) is 27.1 Å². The van der Waals surface area contributed by atoms with E-state index in [1.165, 1.54) is 48.5 Å². The first-order valence-electron chi connectivity index (χ1n) is 13.4. The molecule has 0 aliphatic rings. The largest absolute Gasteiger partial charge is 0.505 e. The van der Waals surface area contributed by atoms with Gasteiger partial charge in [-0.3, -0.25) is 24.0 Å². The van der Waals surface area contributed by atoms with Gasteiger partial charge in [0.2, 0.25) is 0 Å². The summed E-state index contributed by atoms with van der Waals surface area (Å²) in [5.41, 5.74) is 11.1. The average molecular weight is 707 g/mol. The van der Waals surface area contributed by atoms with Gasteiger partial charge in [0.15, 0.2) is 5.75 Å². The van der Waals surface area contributed by atoms with Crippen LogP contribution in [0.5, 0.6) is 5.75 Å². The SMILES string of the molecule is Nc1cc(N)c([N+](=O)[O-])cc1N=Nc1ccc(C(=O)Nc2ccc3c(O)c(N=Nc4ccc(S(=O)(=O)O)cc4)c(S(=O)(=O)O)cc3c2)cc1. The summed E-state index contributed by atoms with van der Waals surface area (Å²) in [7, 11) is -9.44. The monoisotopic (exact) mass is 706 g/mol. The first kappa shape index (κ1) is 34.0. The highest BCUT2D eigenvalue weighted by atomic mass is 32.2. The van der Waals surface area contributed by atoms with Gasteiger partial charge in [0.1, 0.15) is 22.0 Å². The molecule has 5 aromatic rings. The number of nitrogens with two attached hydrogens (primary N) is 2. The average Bonchev–Trinajstić information content (AvgIpc) is 3.03. The normalized spacial score (nSPS) is 12.1. The number of nitro benzene ring substituents is 1. The predicted octanol–water partition coefficient (Wildman–Crippen LogP) is 6.19. The van der Waals surface area contributed by atoms with Crippen LogP contribution in [0.4, 0.5) is 45.5 Å². The van der Waals surface area contributed by atoms with Crippen LogP contribution in [0.3, 0.4) is 0 Å². The van der Waals surface area contributed by atoms with Gasteiger partial charge in [-0.25, -0.2) is 0 Å². The fourth-order valence-corrected chi connectivity index (χ4v) is 5.50. The molecule has 20 heteroatoms. The topological polar surface area (TPSA) is 303 Å². The molecule has 0 unspecified atom stereocenters. The fourth-order valence-electron chi connectivity index (χ4n) is 4.37. The van der Waals surface area contributed by atoms with Crippen LogP contribution in [0.1, 0.15) is 10.4 Å². The van der Waals surface area contributed by atoms with Crippen molar-refractivity contribution < 1.29 is 40.8 Å². The smallest absolute Gasteiger partial charge is 0.296 e. The Balaban J connectivity index is 1.37. The van der Waals surface area contributed by atoms with Crippen molar-refractivity contribution in [2.24, 2.45) is 20.5 Å². The second kappa shape index (κ2) is 13.0. The molecule has 1 amide bonds. The van der Waals surface area contributed by atoms with Gasteiger partial charge in [-0.05, 0) is 84.2 Å². The van der Waals surface area contributed by atoms with Crippen LogP contribution in [0.15, 0.2) is 115 Å². The van der Waals surface area contributed by atoms with Crippen molar-refractivity contribution in [1.29, 1.82) is 0 Å². The number of rotatable bonds is 9. The number of nitro groups is 1. The zero-order valence-electron chi connectivity index (χ0n) is 24.5. The molecule has 0 fully saturated rings. The van der Waals surface area contributed by atoms with Crippen molar-refractivity contribution in [1.82, 2.24) is 0 Å². The van der Waals surface area contributed by atoms with E-state index >= 15 is 0 Å². The lowest BCUT2D eigenvalue weighted by Crippen LogP contribution is -2.11. The summed E-state index contributed by atoms with van der Waals surface area (Å²) < 4.78 is 65.9. The number of carbonyl (C=O) groups excluding carboxylic acids is 1. The third-order valence-electron chi connectivity index (χ3n) is 6.76. The van der Waals surface area contributed by atoms with Gasteiger partial charge in [0.05, 0.1) is 26.9 Å². The van der Waals surface area contributed by atoms with Gasteiger partial charge in [-0.1, -0.05) is 0 Å². The van der Waals surface area contributed by atoms with Gasteiger partial charge < -0.3 is 21.9 Å². The molecule has 0 aromatic heterocycles.